The first-order valence-electron chi connectivity index (χ1n) is 8.64. The Bertz CT molecular complexity index is 1210. The van der Waals surface area contributed by atoms with Gasteiger partial charge in [-0.2, -0.15) is 0 Å². The molecule has 0 N–H and O–H groups in total. The Labute approximate surface area is 155 Å². The molecular formula is C23H16N2S. The number of hydrogen-bond acceptors (Lipinski definition) is 3. The number of para-hydroxylation sites is 1. The number of fused-ring (bicyclic) bond motifs is 2. The number of hydrogen-bond donors (Lipinski definition) is 0. The fraction of sp³-hybridized carbons (Fsp3) is 0.0435. The molecule has 2 aromatic heterocycles. The van der Waals surface area contributed by atoms with Gasteiger partial charge in [-0.1, -0.05) is 54.6 Å². The van der Waals surface area contributed by atoms with E-state index in [1.807, 2.05) is 17.6 Å². The molecule has 0 spiro atoms. The highest BCUT2D eigenvalue weighted by atomic mass is 32.1. The van der Waals surface area contributed by atoms with E-state index in [9.17, 15) is 0 Å². The summed E-state index contributed by atoms with van der Waals surface area (Å²) in [6.07, 6.45) is 2.73. The zero-order valence-corrected chi connectivity index (χ0v) is 14.9. The molecule has 0 amide bonds. The first kappa shape index (κ1) is 15.2. The van der Waals surface area contributed by atoms with Crippen molar-refractivity contribution >= 4 is 33.1 Å². The van der Waals surface area contributed by atoms with E-state index in [-0.39, 0.29) is 0 Å². The molecule has 0 radical (unpaired) electrons. The molecule has 2 nitrogen and oxygen atoms in total. The summed E-state index contributed by atoms with van der Waals surface area (Å²) in [5, 5.41) is 5.50. The average Bonchev–Trinajstić information content (AvgIpc) is 3.22. The van der Waals surface area contributed by atoms with Gasteiger partial charge in [0, 0.05) is 27.9 Å². The Kier molecular flexibility index (Phi) is 3.72. The van der Waals surface area contributed by atoms with Crippen molar-refractivity contribution in [3.8, 4) is 10.6 Å². The molecule has 3 aromatic carbocycles. The van der Waals surface area contributed by atoms with E-state index < -0.39 is 0 Å². The van der Waals surface area contributed by atoms with Crippen LogP contribution in [0.5, 0.6) is 0 Å². The number of aromatic nitrogens is 2. The van der Waals surface area contributed by atoms with Gasteiger partial charge in [-0.3, -0.25) is 0 Å². The first-order valence-corrected chi connectivity index (χ1v) is 9.52. The Morgan fingerprint density at radius 3 is 2.50 bits per heavy atom. The maximum atomic E-state index is 4.84. The maximum Gasteiger partial charge on any atom is 0.123 e. The standard InChI is InChI=1S/C23H16N2S/c1-3-9-19(23-24-12-13-26-23)16(6-1)14-17-8-5-11-22-20(17)15-18-7-2-4-10-21(18)25-22/h1-13,15H,14H2. The molecule has 0 bridgehead atoms. The number of thiazole rings is 1. The van der Waals surface area contributed by atoms with Gasteiger partial charge in [-0.15, -0.1) is 11.3 Å². The zero-order chi connectivity index (χ0) is 17.3. The van der Waals surface area contributed by atoms with Crippen LogP contribution in [-0.2, 0) is 6.42 Å². The van der Waals surface area contributed by atoms with Crippen molar-refractivity contribution in [1.29, 1.82) is 0 Å². The summed E-state index contributed by atoms with van der Waals surface area (Å²) < 4.78 is 0. The molecule has 0 aliphatic heterocycles. The molecule has 0 atom stereocenters. The van der Waals surface area contributed by atoms with Gasteiger partial charge in [0.05, 0.1) is 11.0 Å². The van der Waals surface area contributed by atoms with Gasteiger partial charge in [0.25, 0.3) is 0 Å². The molecule has 0 aliphatic rings. The lowest BCUT2D eigenvalue weighted by molar-refractivity contribution is 1.21. The fourth-order valence-corrected chi connectivity index (χ4v) is 4.16. The Morgan fingerprint density at radius 1 is 0.769 bits per heavy atom. The summed E-state index contributed by atoms with van der Waals surface area (Å²) in [6.45, 7) is 0. The fourth-order valence-electron chi connectivity index (χ4n) is 3.46. The van der Waals surface area contributed by atoms with Crippen LogP contribution in [0, 0.1) is 0 Å². The van der Waals surface area contributed by atoms with Crippen molar-refractivity contribution in [2.75, 3.05) is 0 Å². The summed E-state index contributed by atoms with van der Waals surface area (Å²) in [5.74, 6) is 0. The van der Waals surface area contributed by atoms with Crippen molar-refractivity contribution in [2.45, 2.75) is 6.42 Å². The lowest BCUT2D eigenvalue weighted by Gasteiger charge is -2.11. The van der Waals surface area contributed by atoms with E-state index >= 15 is 0 Å². The van der Waals surface area contributed by atoms with Crippen molar-refractivity contribution in [3.63, 3.8) is 0 Å². The normalized spacial score (nSPS) is 11.2. The van der Waals surface area contributed by atoms with Crippen LogP contribution in [0.2, 0.25) is 0 Å². The predicted molar refractivity (Wildman–Crippen MR) is 110 cm³/mol. The van der Waals surface area contributed by atoms with Gasteiger partial charge in [0.15, 0.2) is 0 Å². The zero-order valence-electron chi connectivity index (χ0n) is 14.1. The second kappa shape index (κ2) is 6.36. The Hall–Kier alpha value is -3.04. The van der Waals surface area contributed by atoms with Crippen LogP contribution in [0.1, 0.15) is 11.1 Å². The minimum absolute atomic E-state index is 0.868. The highest BCUT2D eigenvalue weighted by Crippen LogP contribution is 2.30. The molecule has 5 rings (SSSR count). The van der Waals surface area contributed by atoms with Crippen LogP contribution < -0.4 is 0 Å². The van der Waals surface area contributed by atoms with Crippen LogP contribution in [-0.4, -0.2) is 9.97 Å². The van der Waals surface area contributed by atoms with E-state index in [1.165, 1.54) is 27.5 Å². The van der Waals surface area contributed by atoms with Crippen LogP contribution in [0.3, 0.4) is 0 Å². The topological polar surface area (TPSA) is 25.8 Å². The monoisotopic (exact) mass is 352 g/mol. The van der Waals surface area contributed by atoms with Gasteiger partial charge >= 0.3 is 0 Å². The Morgan fingerprint density at radius 2 is 1.58 bits per heavy atom. The molecule has 0 unspecified atom stereocenters. The second-order valence-corrected chi connectivity index (χ2v) is 7.23. The summed E-state index contributed by atoms with van der Waals surface area (Å²) in [5.41, 5.74) is 5.90. The van der Waals surface area contributed by atoms with E-state index in [4.69, 9.17) is 4.98 Å². The third-order valence-corrected chi connectivity index (χ3v) is 5.52. The van der Waals surface area contributed by atoms with Crippen LogP contribution >= 0.6 is 11.3 Å². The highest BCUT2D eigenvalue weighted by molar-refractivity contribution is 7.13. The summed E-state index contributed by atoms with van der Waals surface area (Å²) in [7, 11) is 0. The van der Waals surface area contributed by atoms with Gasteiger partial charge in [0.1, 0.15) is 5.01 Å². The number of benzene rings is 3. The maximum absolute atomic E-state index is 4.84. The van der Waals surface area contributed by atoms with E-state index in [2.05, 4.69) is 71.7 Å². The Balaban J connectivity index is 1.66. The van der Waals surface area contributed by atoms with Crippen molar-refractivity contribution < 1.29 is 0 Å². The molecule has 2 heterocycles. The molecule has 0 saturated heterocycles. The smallest absolute Gasteiger partial charge is 0.123 e. The summed E-state index contributed by atoms with van der Waals surface area (Å²) in [4.78, 5) is 9.34. The van der Waals surface area contributed by atoms with Crippen LogP contribution in [0.4, 0.5) is 0 Å². The van der Waals surface area contributed by atoms with E-state index in [0.717, 1.165) is 22.5 Å². The van der Waals surface area contributed by atoms with Gasteiger partial charge in [-0.25, -0.2) is 9.97 Å². The minimum Gasteiger partial charge on any atom is -0.248 e. The first-order chi connectivity index (χ1) is 12.9. The van der Waals surface area contributed by atoms with Crippen LogP contribution in [0.25, 0.3) is 32.4 Å². The van der Waals surface area contributed by atoms with Crippen molar-refractivity contribution in [2.24, 2.45) is 0 Å². The second-order valence-electron chi connectivity index (χ2n) is 6.34. The van der Waals surface area contributed by atoms with Gasteiger partial charge in [-0.05, 0) is 35.7 Å². The average molecular weight is 352 g/mol. The van der Waals surface area contributed by atoms with Gasteiger partial charge in [0.2, 0.25) is 0 Å². The number of nitrogens with zero attached hydrogens (tertiary/aromatic N) is 2. The number of rotatable bonds is 3. The molecule has 0 fully saturated rings. The lowest BCUT2D eigenvalue weighted by atomic mass is 9.96. The molecular weight excluding hydrogens is 336 g/mol. The third kappa shape index (κ3) is 2.67. The van der Waals surface area contributed by atoms with Crippen LogP contribution in [0.15, 0.2) is 84.4 Å². The molecule has 124 valence electrons. The third-order valence-electron chi connectivity index (χ3n) is 4.71. The number of pyridine rings is 1. The van der Waals surface area contributed by atoms with Crippen molar-refractivity contribution in [3.05, 3.63) is 95.5 Å². The molecule has 26 heavy (non-hydrogen) atoms. The predicted octanol–water partition coefficient (Wildman–Crippen LogP) is 6.10. The molecule has 0 saturated carbocycles. The van der Waals surface area contributed by atoms with Gasteiger partial charge < -0.3 is 0 Å². The van der Waals surface area contributed by atoms with E-state index in [0.29, 0.717) is 0 Å². The largest absolute Gasteiger partial charge is 0.248 e. The quantitative estimate of drug-likeness (QED) is 0.367. The summed E-state index contributed by atoms with van der Waals surface area (Å²) >= 11 is 1.68. The van der Waals surface area contributed by atoms with Crippen molar-refractivity contribution in [1.82, 2.24) is 9.97 Å². The SMILES string of the molecule is c1ccc(-c2nccs2)c(Cc2cccc3nc4ccccc4cc23)c1. The summed E-state index contributed by atoms with van der Waals surface area (Å²) in [6, 6.07) is 25.5. The molecule has 0 aliphatic carbocycles. The molecule has 3 heteroatoms. The minimum atomic E-state index is 0.868. The molecule has 5 aromatic rings. The lowest BCUT2D eigenvalue weighted by Crippen LogP contribution is -1.94. The highest BCUT2D eigenvalue weighted by Gasteiger charge is 2.10. The van der Waals surface area contributed by atoms with E-state index in [1.54, 1.807) is 11.3 Å².